The van der Waals surface area contributed by atoms with Gasteiger partial charge in [0.05, 0.1) is 11.1 Å². The Balaban J connectivity index is 1.08. The molecule has 0 aliphatic heterocycles. The minimum atomic E-state index is -0.552. The number of thiophene rings is 1. The van der Waals surface area contributed by atoms with Gasteiger partial charge >= 0.3 is 0 Å². The first kappa shape index (κ1) is 42.2. The molecule has 2 aliphatic carbocycles. The maximum atomic E-state index is 2.60. The minimum Gasteiger partial charge on any atom is -0.310 e. The monoisotopic (exact) mass is 967 g/mol. The Morgan fingerprint density at radius 3 is 1.36 bits per heavy atom. The Kier molecular flexibility index (Phi) is 9.19. The van der Waals surface area contributed by atoms with Gasteiger partial charge in [0.1, 0.15) is 0 Å². The van der Waals surface area contributed by atoms with Gasteiger partial charge in [-0.15, -0.1) is 11.3 Å². The van der Waals surface area contributed by atoms with Crippen LogP contribution in [0.4, 0.5) is 17.1 Å². The van der Waals surface area contributed by atoms with E-state index in [9.17, 15) is 0 Å². The van der Waals surface area contributed by atoms with Crippen LogP contribution in [0.25, 0.3) is 108 Å². The number of hydrogen-bond acceptors (Lipinski definition) is 2. The molecule has 13 aromatic carbocycles. The third-order valence-corrected chi connectivity index (χ3v) is 17.6. The summed E-state index contributed by atoms with van der Waals surface area (Å²) >= 11 is 1.88. The predicted molar refractivity (Wildman–Crippen MR) is 319 cm³/mol. The lowest BCUT2D eigenvalue weighted by molar-refractivity contribution is 0.794. The van der Waals surface area contributed by atoms with Crippen molar-refractivity contribution >= 4 is 80.9 Å². The summed E-state index contributed by atoms with van der Waals surface area (Å²) in [6, 6.07) is 103. The number of fused-ring (bicyclic) bond motifs is 19. The molecular weight excluding hydrogens is 923 g/mol. The van der Waals surface area contributed by atoms with E-state index >= 15 is 0 Å². The van der Waals surface area contributed by atoms with Gasteiger partial charge in [-0.2, -0.15) is 0 Å². The first-order chi connectivity index (χ1) is 37.2. The topological polar surface area (TPSA) is 3.24 Å². The molecule has 348 valence electrons. The lowest BCUT2D eigenvalue weighted by Crippen LogP contribution is -2.26. The molecule has 0 saturated carbocycles. The summed E-state index contributed by atoms with van der Waals surface area (Å²) in [5, 5.41) is 10.1. The van der Waals surface area contributed by atoms with E-state index < -0.39 is 5.41 Å². The fourth-order valence-electron chi connectivity index (χ4n) is 13.4. The van der Waals surface area contributed by atoms with Crippen molar-refractivity contribution in [1.29, 1.82) is 0 Å². The highest BCUT2D eigenvalue weighted by Gasteiger charge is 2.52. The van der Waals surface area contributed by atoms with Gasteiger partial charge in [0.15, 0.2) is 0 Å². The van der Waals surface area contributed by atoms with Crippen molar-refractivity contribution in [1.82, 2.24) is 0 Å². The molecule has 0 saturated heterocycles. The van der Waals surface area contributed by atoms with Crippen molar-refractivity contribution in [2.75, 3.05) is 4.90 Å². The summed E-state index contributed by atoms with van der Waals surface area (Å²) in [6.45, 7) is 0. The Morgan fingerprint density at radius 1 is 0.253 bits per heavy atom. The maximum Gasteiger partial charge on any atom is 0.0726 e. The summed E-state index contributed by atoms with van der Waals surface area (Å²) < 4.78 is 2.57. The van der Waals surface area contributed by atoms with Crippen molar-refractivity contribution in [3.8, 4) is 55.6 Å². The van der Waals surface area contributed by atoms with E-state index in [0.717, 1.165) is 17.1 Å². The zero-order valence-corrected chi connectivity index (χ0v) is 41.7. The van der Waals surface area contributed by atoms with Crippen LogP contribution in [0.2, 0.25) is 0 Å². The largest absolute Gasteiger partial charge is 0.310 e. The van der Waals surface area contributed by atoms with Crippen LogP contribution in [-0.2, 0) is 5.41 Å². The smallest absolute Gasteiger partial charge is 0.0726 e. The lowest BCUT2D eigenvalue weighted by atomic mass is 9.70. The highest BCUT2D eigenvalue weighted by Crippen LogP contribution is 2.64. The van der Waals surface area contributed by atoms with Crippen molar-refractivity contribution in [2.45, 2.75) is 5.41 Å². The summed E-state index contributed by atoms with van der Waals surface area (Å²) in [6.07, 6.45) is 0. The molecule has 0 unspecified atom stereocenters. The zero-order valence-electron chi connectivity index (χ0n) is 40.8. The standard InChI is InChI=1S/C73H45NS/c1-3-20-46(21-4-1)50-40-38-48(42-61(50)47-22-5-2-6-23-47)74(49-39-41-55-53-26-8-7-24-51(53)52-25-9-10-27-54(52)62(55)43-49)69-45-68-63(44-64(69)59-32-19-37-71-72(59)60-31-14-18-36-70(60)75-71)58-30-13-17-35-67(58)73(68)65-33-15-11-28-56(65)57-29-12-16-34-66(57)73/h1-45H. The molecule has 16 rings (SSSR count). The van der Waals surface area contributed by atoms with Gasteiger partial charge in [0.25, 0.3) is 0 Å². The fourth-order valence-corrected chi connectivity index (χ4v) is 14.5. The first-order valence-electron chi connectivity index (χ1n) is 26.0. The van der Waals surface area contributed by atoms with E-state index in [1.165, 1.54) is 130 Å². The van der Waals surface area contributed by atoms with Crippen LogP contribution >= 0.6 is 11.3 Å². The third-order valence-electron chi connectivity index (χ3n) is 16.5. The zero-order chi connectivity index (χ0) is 49.2. The summed E-state index contributed by atoms with van der Waals surface area (Å²) in [4.78, 5) is 2.59. The van der Waals surface area contributed by atoms with E-state index in [-0.39, 0.29) is 0 Å². The number of rotatable bonds is 6. The highest BCUT2D eigenvalue weighted by molar-refractivity contribution is 7.26. The van der Waals surface area contributed by atoms with Crippen LogP contribution in [-0.4, -0.2) is 0 Å². The van der Waals surface area contributed by atoms with Crippen molar-refractivity contribution in [3.05, 3.63) is 295 Å². The quantitative estimate of drug-likeness (QED) is 0.150. The Morgan fingerprint density at radius 2 is 0.720 bits per heavy atom. The third kappa shape index (κ3) is 6.06. The van der Waals surface area contributed by atoms with E-state index in [0.29, 0.717) is 0 Å². The molecule has 0 radical (unpaired) electrons. The molecule has 0 amide bonds. The second-order valence-corrected chi connectivity index (χ2v) is 21.3. The molecule has 0 fully saturated rings. The van der Waals surface area contributed by atoms with Crippen LogP contribution in [0.3, 0.4) is 0 Å². The molecule has 75 heavy (non-hydrogen) atoms. The van der Waals surface area contributed by atoms with Gasteiger partial charge in [-0.3, -0.25) is 0 Å². The van der Waals surface area contributed by atoms with Gasteiger partial charge in [0.2, 0.25) is 0 Å². The summed E-state index contributed by atoms with van der Waals surface area (Å²) in [5.74, 6) is 0. The Hall–Kier alpha value is -9.34. The maximum absolute atomic E-state index is 2.60. The van der Waals surface area contributed by atoms with Crippen molar-refractivity contribution in [3.63, 3.8) is 0 Å². The second kappa shape index (κ2) is 16.3. The van der Waals surface area contributed by atoms with Crippen LogP contribution in [0, 0.1) is 0 Å². The molecule has 0 N–H and O–H groups in total. The number of benzene rings is 13. The summed E-state index contributed by atoms with van der Waals surface area (Å²) in [7, 11) is 0. The normalized spacial score (nSPS) is 12.9. The molecule has 1 spiro atoms. The van der Waals surface area contributed by atoms with E-state index in [4.69, 9.17) is 0 Å². The van der Waals surface area contributed by atoms with Crippen LogP contribution < -0.4 is 4.90 Å². The van der Waals surface area contributed by atoms with Gasteiger partial charge in [-0.1, -0.05) is 224 Å². The average Bonchev–Trinajstić information content (AvgIpc) is 4.21. The van der Waals surface area contributed by atoms with Crippen LogP contribution in [0.1, 0.15) is 22.3 Å². The van der Waals surface area contributed by atoms with E-state index in [1.54, 1.807) is 0 Å². The number of nitrogens with zero attached hydrogens (tertiary/aromatic N) is 1. The van der Waals surface area contributed by atoms with E-state index in [1.807, 2.05) is 11.3 Å². The molecule has 2 heteroatoms. The molecule has 1 nitrogen and oxygen atoms in total. The van der Waals surface area contributed by atoms with Gasteiger partial charge in [0, 0.05) is 37.1 Å². The van der Waals surface area contributed by atoms with Crippen LogP contribution in [0.15, 0.2) is 273 Å². The average molecular weight is 968 g/mol. The van der Waals surface area contributed by atoms with Gasteiger partial charge in [-0.05, 0) is 153 Å². The molecule has 2 aliphatic rings. The fraction of sp³-hybridized carbons (Fsp3) is 0.0137. The molecule has 1 aromatic heterocycles. The SMILES string of the molecule is c1ccc(-c2ccc(N(c3ccc4c5ccccc5c5ccccc5c4c3)c3cc4c(cc3-c3cccc5sc6ccccc6c35)-c3ccccc3C43c4ccccc4-c4ccccc43)cc2-c2ccccc2)cc1. The van der Waals surface area contributed by atoms with Crippen molar-refractivity contribution < 1.29 is 0 Å². The molecule has 0 bridgehead atoms. The van der Waals surface area contributed by atoms with Crippen molar-refractivity contribution in [2.24, 2.45) is 0 Å². The molecule has 1 heterocycles. The van der Waals surface area contributed by atoms with Crippen LogP contribution in [0.5, 0.6) is 0 Å². The van der Waals surface area contributed by atoms with Gasteiger partial charge < -0.3 is 4.90 Å². The predicted octanol–water partition coefficient (Wildman–Crippen LogP) is 20.3. The molecule has 14 aromatic rings. The van der Waals surface area contributed by atoms with E-state index in [2.05, 4.69) is 278 Å². The number of hydrogen-bond donors (Lipinski definition) is 0. The Bertz CT molecular complexity index is 4580. The number of anilines is 3. The first-order valence-corrected chi connectivity index (χ1v) is 26.8. The Labute approximate surface area is 439 Å². The van der Waals surface area contributed by atoms with Gasteiger partial charge in [-0.25, -0.2) is 0 Å². The highest BCUT2D eigenvalue weighted by atomic mass is 32.1. The molecular formula is C73H45NS. The summed E-state index contributed by atoms with van der Waals surface area (Å²) in [5.41, 5.74) is 20.3. The second-order valence-electron chi connectivity index (χ2n) is 20.2. The minimum absolute atomic E-state index is 0.552. The lowest BCUT2D eigenvalue weighted by Gasteiger charge is -2.34. The molecule has 0 atom stereocenters.